The van der Waals surface area contributed by atoms with E-state index in [-0.39, 0.29) is 0 Å². The van der Waals surface area contributed by atoms with Gasteiger partial charge in [0.2, 0.25) is 0 Å². The van der Waals surface area contributed by atoms with E-state index in [2.05, 4.69) is 4.98 Å². The van der Waals surface area contributed by atoms with Crippen LogP contribution in [-0.4, -0.2) is 9.38 Å². The van der Waals surface area contributed by atoms with Gasteiger partial charge in [0.05, 0.1) is 1.37 Å². The molecule has 0 aliphatic heterocycles. The van der Waals surface area contributed by atoms with E-state index in [0.717, 1.165) is 5.65 Å². The monoisotopic (exact) mass is 119 g/mol. The van der Waals surface area contributed by atoms with Crippen molar-refractivity contribution in [1.82, 2.24) is 9.38 Å². The Balaban J connectivity index is 2.88. The van der Waals surface area contributed by atoms with Gasteiger partial charge in [0.1, 0.15) is 5.65 Å². The van der Waals surface area contributed by atoms with Crippen LogP contribution in [0.1, 0.15) is 1.37 Å². The highest BCUT2D eigenvalue weighted by Crippen LogP contribution is 1.96. The van der Waals surface area contributed by atoms with Gasteiger partial charge in [-0.05, 0) is 12.1 Å². The van der Waals surface area contributed by atoms with Crippen molar-refractivity contribution in [2.45, 2.75) is 0 Å². The summed E-state index contributed by atoms with van der Waals surface area (Å²) >= 11 is 0. The fourth-order valence-electron chi connectivity index (χ4n) is 0.808. The highest BCUT2D eigenvalue weighted by molar-refractivity contribution is 5.36. The van der Waals surface area contributed by atoms with E-state index in [4.69, 9.17) is 1.37 Å². The molecule has 0 spiro atoms. The van der Waals surface area contributed by atoms with Crippen molar-refractivity contribution < 1.29 is 1.37 Å². The van der Waals surface area contributed by atoms with Crippen LogP contribution < -0.4 is 0 Å². The maximum absolute atomic E-state index is 7.19. The molecule has 0 bridgehead atoms. The largest absolute Gasteiger partial charge is 0.307 e. The molecule has 44 valence electrons. The van der Waals surface area contributed by atoms with Gasteiger partial charge in [-0.15, -0.1) is 0 Å². The zero-order valence-corrected chi connectivity index (χ0v) is 4.78. The minimum atomic E-state index is 0.311. The summed E-state index contributed by atoms with van der Waals surface area (Å²) in [7, 11) is 0. The first-order valence-electron chi connectivity index (χ1n) is 3.26. The van der Waals surface area contributed by atoms with E-state index in [0.29, 0.717) is 6.17 Å². The summed E-state index contributed by atoms with van der Waals surface area (Å²) in [5, 5.41) is 0. The van der Waals surface area contributed by atoms with Gasteiger partial charge in [-0.25, -0.2) is 4.98 Å². The van der Waals surface area contributed by atoms with Gasteiger partial charge >= 0.3 is 0 Å². The molecule has 0 saturated carbocycles. The second-order valence-corrected chi connectivity index (χ2v) is 1.84. The standard InChI is InChI=1S/C7H6N2/c1-2-5-9-6-4-8-7(9)3-1/h1-6H/i4D. The molecule has 0 saturated heterocycles. The van der Waals surface area contributed by atoms with Gasteiger partial charge in [-0.3, -0.25) is 0 Å². The van der Waals surface area contributed by atoms with Crippen LogP contribution in [0.4, 0.5) is 0 Å². The quantitative estimate of drug-likeness (QED) is 0.511. The number of hydrogen-bond acceptors (Lipinski definition) is 1. The van der Waals surface area contributed by atoms with Gasteiger partial charge in [0.25, 0.3) is 0 Å². The van der Waals surface area contributed by atoms with Gasteiger partial charge in [-0.2, -0.15) is 0 Å². The molecule has 0 radical (unpaired) electrons. The average molecular weight is 119 g/mol. The summed E-state index contributed by atoms with van der Waals surface area (Å²) < 4.78 is 9.01. The Morgan fingerprint density at radius 3 is 3.33 bits per heavy atom. The lowest BCUT2D eigenvalue weighted by Gasteiger charge is -1.86. The van der Waals surface area contributed by atoms with Gasteiger partial charge < -0.3 is 4.40 Å². The van der Waals surface area contributed by atoms with Gasteiger partial charge in [0, 0.05) is 18.6 Å². The topological polar surface area (TPSA) is 17.3 Å². The summed E-state index contributed by atoms with van der Waals surface area (Å²) in [6, 6.07) is 5.69. The summed E-state index contributed by atoms with van der Waals surface area (Å²) in [6.45, 7) is 0. The Morgan fingerprint density at radius 2 is 2.44 bits per heavy atom. The fraction of sp³-hybridized carbons (Fsp3) is 0. The lowest BCUT2D eigenvalue weighted by atomic mass is 10.5. The van der Waals surface area contributed by atoms with E-state index in [1.54, 1.807) is 6.20 Å². The van der Waals surface area contributed by atoms with E-state index in [1.165, 1.54) is 0 Å². The SMILES string of the molecule is [2H]c1cn2ccccc2n1. The molecule has 0 unspecified atom stereocenters. The van der Waals surface area contributed by atoms with Crippen molar-refractivity contribution in [2.24, 2.45) is 0 Å². The Hall–Kier alpha value is -1.31. The molecule has 9 heavy (non-hydrogen) atoms. The molecule has 2 rings (SSSR count). The smallest absolute Gasteiger partial charge is 0.136 e. The van der Waals surface area contributed by atoms with Crippen molar-refractivity contribution in [1.29, 1.82) is 0 Å². The van der Waals surface area contributed by atoms with Crippen LogP contribution in [0.2, 0.25) is 0 Å². The molecule has 0 N–H and O–H groups in total. The molecule has 2 aromatic heterocycles. The van der Waals surface area contributed by atoms with E-state index >= 15 is 0 Å². The number of rotatable bonds is 0. The fourth-order valence-corrected chi connectivity index (χ4v) is 0.808. The summed E-state index contributed by atoms with van der Waals surface area (Å²) in [4.78, 5) is 3.94. The molecule has 0 aliphatic rings. The first-order valence-corrected chi connectivity index (χ1v) is 2.76. The number of fused-ring (bicyclic) bond motifs is 1. The summed E-state index contributed by atoms with van der Waals surface area (Å²) in [5.41, 5.74) is 0.826. The molecule has 2 aromatic rings. The molecule has 2 heterocycles. The van der Waals surface area contributed by atoms with Crippen molar-refractivity contribution in [3.8, 4) is 0 Å². The Bertz CT molecular complexity index is 320. The van der Waals surface area contributed by atoms with Crippen LogP contribution in [0.5, 0.6) is 0 Å². The minimum absolute atomic E-state index is 0.311. The maximum Gasteiger partial charge on any atom is 0.136 e. The van der Waals surface area contributed by atoms with E-state index < -0.39 is 0 Å². The molecule has 2 heteroatoms. The number of nitrogens with zero attached hydrogens (tertiary/aromatic N) is 2. The van der Waals surface area contributed by atoms with Crippen LogP contribution >= 0.6 is 0 Å². The van der Waals surface area contributed by atoms with Crippen LogP contribution in [-0.2, 0) is 0 Å². The highest BCUT2D eigenvalue weighted by atomic mass is 15.0. The molecule has 0 aromatic carbocycles. The third kappa shape index (κ3) is 0.598. The van der Waals surface area contributed by atoms with Crippen LogP contribution in [0.25, 0.3) is 5.65 Å². The number of imidazole rings is 1. The first-order chi connectivity index (χ1) is 4.86. The number of hydrogen-bond donors (Lipinski definition) is 0. The second kappa shape index (κ2) is 1.58. The summed E-state index contributed by atoms with van der Waals surface area (Å²) in [6.07, 6.45) is 3.86. The minimum Gasteiger partial charge on any atom is -0.307 e. The van der Waals surface area contributed by atoms with Crippen molar-refractivity contribution in [2.75, 3.05) is 0 Å². The van der Waals surface area contributed by atoms with Crippen LogP contribution in [0, 0.1) is 0 Å². The van der Waals surface area contributed by atoms with E-state index in [1.807, 2.05) is 28.8 Å². The van der Waals surface area contributed by atoms with Crippen molar-refractivity contribution in [3.05, 3.63) is 36.8 Å². The number of pyridine rings is 1. The molecule has 0 amide bonds. The van der Waals surface area contributed by atoms with E-state index in [9.17, 15) is 0 Å². The lowest BCUT2D eigenvalue weighted by Crippen LogP contribution is -1.77. The van der Waals surface area contributed by atoms with Crippen molar-refractivity contribution in [3.63, 3.8) is 0 Å². The highest BCUT2D eigenvalue weighted by Gasteiger charge is 1.85. The Kier molecular flexibility index (Phi) is 0.646. The molecule has 0 aliphatic carbocycles. The maximum atomic E-state index is 7.19. The normalized spacial score (nSPS) is 11.8. The zero-order chi connectivity index (χ0) is 6.97. The molecular formula is C7H6N2. The predicted octanol–water partition coefficient (Wildman–Crippen LogP) is 1.33. The second-order valence-electron chi connectivity index (χ2n) is 1.84. The third-order valence-corrected chi connectivity index (χ3v) is 1.24. The molecular weight excluding hydrogens is 112 g/mol. The number of aromatic nitrogens is 2. The van der Waals surface area contributed by atoms with Gasteiger partial charge in [-0.1, -0.05) is 6.07 Å². The average Bonchev–Trinajstić information content (AvgIpc) is 2.27. The third-order valence-electron chi connectivity index (χ3n) is 1.24. The first kappa shape index (κ1) is 3.67. The Morgan fingerprint density at radius 1 is 1.44 bits per heavy atom. The van der Waals surface area contributed by atoms with Crippen LogP contribution in [0.15, 0.2) is 36.8 Å². The summed E-state index contributed by atoms with van der Waals surface area (Å²) in [5.74, 6) is 0. The van der Waals surface area contributed by atoms with Crippen molar-refractivity contribution >= 4 is 5.65 Å². The molecule has 2 nitrogen and oxygen atoms in total. The van der Waals surface area contributed by atoms with Crippen LogP contribution in [0.3, 0.4) is 0 Å². The predicted molar refractivity (Wildman–Crippen MR) is 35.2 cm³/mol. The lowest BCUT2D eigenvalue weighted by molar-refractivity contribution is 1.19. The zero-order valence-electron chi connectivity index (χ0n) is 5.78. The Labute approximate surface area is 54.2 Å². The molecule has 0 atom stereocenters. The van der Waals surface area contributed by atoms with Gasteiger partial charge in [0.15, 0.2) is 0 Å². The molecule has 0 fully saturated rings.